The van der Waals surface area contributed by atoms with Crippen LogP contribution in [-0.4, -0.2) is 28.8 Å². The second kappa shape index (κ2) is 6.92. The van der Waals surface area contributed by atoms with Gasteiger partial charge in [0, 0.05) is 11.6 Å². The molecule has 0 bridgehead atoms. The zero-order chi connectivity index (χ0) is 15.2. The molecular formula is C16H21N3O2. The van der Waals surface area contributed by atoms with Gasteiger partial charge in [-0.2, -0.15) is 5.10 Å². The lowest BCUT2D eigenvalue weighted by Crippen LogP contribution is -2.32. The number of nitrogens with one attached hydrogen (secondary N) is 2. The number of rotatable bonds is 6. The van der Waals surface area contributed by atoms with Crippen LogP contribution in [0.15, 0.2) is 30.3 Å². The van der Waals surface area contributed by atoms with Crippen LogP contribution in [0.5, 0.6) is 5.75 Å². The summed E-state index contributed by atoms with van der Waals surface area (Å²) in [6.07, 6.45) is 0.894. The average molecular weight is 287 g/mol. The van der Waals surface area contributed by atoms with Crippen LogP contribution in [0.3, 0.4) is 0 Å². The van der Waals surface area contributed by atoms with E-state index in [4.69, 9.17) is 4.74 Å². The van der Waals surface area contributed by atoms with E-state index in [1.54, 1.807) is 6.07 Å². The fourth-order valence-electron chi connectivity index (χ4n) is 1.88. The highest BCUT2D eigenvalue weighted by Crippen LogP contribution is 2.21. The molecule has 1 unspecified atom stereocenters. The van der Waals surface area contributed by atoms with E-state index in [0.717, 1.165) is 23.4 Å². The molecule has 5 heteroatoms. The van der Waals surface area contributed by atoms with Crippen molar-refractivity contribution in [3.05, 3.63) is 36.0 Å². The van der Waals surface area contributed by atoms with Crippen LogP contribution in [-0.2, 0) is 0 Å². The quantitative estimate of drug-likeness (QED) is 0.858. The number of carbonyl (C=O) groups is 1. The molecule has 1 aromatic heterocycles. The highest BCUT2D eigenvalue weighted by molar-refractivity contribution is 5.93. The molecule has 2 N–H and O–H groups in total. The molecule has 1 aromatic carbocycles. The topological polar surface area (TPSA) is 67.0 Å². The zero-order valence-electron chi connectivity index (χ0n) is 12.6. The van der Waals surface area contributed by atoms with Gasteiger partial charge in [0.15, 0.2) is 0 Å². The van der Waals surface area contributed by atoms with Crippen molar-refractivity contribution in [2.45, 2.75) is 33.2 Å². The molecule has 0 aliphatic rings. The van der Waals surface area contributed by atoms with Crippen molar-refractivity contribution in [1.82, 2.24) is 15.5 Å². The van der Waals surface area contributed by atoms with E-state index >= 15 is 0 Å². The highest BCUT2D eigenvalue weighted by atomic mass is 16.5. The molecule has 0 fully saturated rings. The number of hydrogen-bond donors (Lipinski definition) is 2. The summed E-state index contributed by atoms with van der Waals surface area (Å²) in [4.78, 5) is 12.0. The van der Waals surface area contributed by atoms with Crippen molar-refractivity contribution in [1.29, 1.82) is 0 Å². The average Bonchev–Trinajstić information content (AvgIpc) is 2.98. The van der Waals surface area contributed by atoms with Crippen molar-refractivity contribution in [3.63, 3.8) is 0 Å². The number of aromatic amines is 1. The number of amides is 1. The van der Waals surface area contributed by atoms with E-state index in [0.29, 0.717) is 12.3 Å². The van der Waals surface area contributed by atoms with Crippen molar-refractivity contribution in [2.75, 3.05) is 6.61 Å². The van der Waals surface area contributed by atoms with Gasteiger partial charge in [-0.25, -0.2) is 0 Å². The maximum atomic E-state index is 12.0. The van der Waals surface area contributed by atoms with Gasteiger partial charge in [0.05, 0.1) is 12.3 Å². The lowest BCUT2D eigenvalue weighted by atomic mass is 10.1. The molecular weight excluding hydrogens is 266 g/mol. The normalized spacial score (nSPS) is 12.0. The van der Waals surface area contributed by atoms with Crippen molar-refractivity contribution >= 4 is 5.91 Å². The molecule has 112 valence electrons. The molecule has 21 heavy (non-hydrogen) atoms. The summed E-state index contributed by atoms with van der Waals surface area (Å²) in [7, 11) is 0. The molecule has 1 amide bonds. The minimum atomic E-state index is -0.131. The Morgan fingerprint density at radius 1 is 1.33 bits per heavy atom. The van der Waals surface area contributed by atoms with Crippen molar-refractivity contribution in [2.24, 2.45) is 0 Å². The second-order valence-electron chi connectivity index (χ2n) is 4.91. The first kappa shape index (κ1) is 15.1. The van der Waals surface area contributed by atoms with Gasteiger partial charge in [0.1, 0.15) is 11.4 Å². The fraction of sp³-hybridized carbons (Fsp3) is 0.375. The Labute approximate surface area is 124 Å². The Morgan fingerprint density at radius 2 is 2.05 bits per heavy atom. The number of hydrogen-bond acceptors (Lipinski definition) is 3. The third kappa shape index (κ3) is 3.84. The first-order valence-corrected chi connectivity index (χ1v) is 7.23. The Morgan fingerprint density at radius 3 is 2.67 bits per heavy atom. The van der Waals surface area contributed by atoms with Crippen molar-refractivity contribution in [3.8, 4) is 17.0 Å². The lowest BCUT2D eigenvalue weighted by molar-refractivity contribution is 0.0934. The molecule has 5 nitrogen and oxygen atoms in total. The monoisotopic (exact) mass is 287 g/mol. The van der Waals surface area contributed by atoms with Crippen LogP contribution < -0.4 is 10.1 Å². The third-order valence-electron chi connectivity index (χ3n) is 3.27. The summed E-state index contributed by atoms with van der Waals surface area (Å²) in [6.45, 7) is 6.59. The molecule has 0 saturated heterocycles. The lowest BCUT2D eigenvalue weighted by Gasteiger charge is -2.09. The summed E-state index contributed by atoms with van der Waals surface area (Å²) in [5.41, 5.74) is 2.16. The summed E-state index contributed by atoms with van der Waals surface area (Å²) in [6, 6.07) is 9.55. The predicted octanol–water partition coefficient (Wildman–Crippen LogP) is 3.00. The van der Waals surface area contributed by atoms with Gasteiger partial charge in [0.2, 0.25) is 0 Å². The van der Waals surface area contributed by atoms with E-state index in [9.17, 15) is 4.79 Å². The van der Waals surface area contributed by atoms with Crippen LogP contribution in [0.2, 0.25) is 0 Å². The minimum Gasteiger partial charge on any atom is -0.494 e. The summed E-state index contributed by atoms with van der Waals surface area (Å²) in [5, 5.41) is 9.88. The number of benzene rings is 1. The van der Waals surface area contributed by atoms with Crippen LogP contribution >= 0.6 is 0 Å². The molecule has 0 aliphatic carbocycles. The number of nitrogens with zero attached hydrogens (tertiary/aromatic N) is 1. The maximum Gasteiger partial charge on any atom is 0.269 e. The maximum absolute atomic E-state index is 12.0. The first-order valence-electron chi connectivity index (χ1n) is 7.23. The van der Waals surface area contributed by atoms with Gasteiger partial charge in [-0.15, -0.1) is 0 Å². The summed E-state index contributed by atoms with van der Waals surface area (Å²) in [5.74, 6) is 0.695. The largest absolute Gasteiger partial charge is 0.494 e. The van der Waals surface area contributed by atoms with Gasteiger partial charge < -0.3 is 10.1 Å². The van der Waals surface area contributed by atoms with Crippen LogP contribution in [0, 0.1) is 0 Å². The fourth-order valence-corrected chi connectivity index (χ4v) is 1.88. The predicted molar refractivity (Wildman–Crippen MR) is 82.4 cm³/mol. The number of carbonyl (C=O) groups excluding carboxylic acids is 1. The van der Waals surface area contributed by atoms with Crippen LogP contribution in [0.25, 0.3) is 11.3 Å². The SMILES string of the molecule is CCOc1ccc(-c2cc(C(=O)NC(C)CC)[nH]n2)cc1. The minimum absolute atomic E-state index is 0.131. The highest BCUT2D eigenvalue weighted by Gasteiger charge is 2.12. The summed E-state index contributed by atoms with van der Waals surface area (Å²) >= 11 is 0. The Balaban J connectivity index is 2.10. The third-order valence-corrected chi connectivity index (χ3v) is 3.27. The Kier molecular flexibility index (Phi) is 4.98. The number of H-pyrrole nitrogens is 1. The van der Waals surface area contributed by atoms with E-state index < -0.39 is 0 Å². The Hall–Kier alpha value is -2.30. The molecule has 2 rings (SSSR count). The van der Waals surface area contributed by atoms with E-state index in [2.05, 4.69) is 15.5 Å². The van der Waals surface area contributed by atoms with Crippen LogP contribution in [0.4, 0.5) is 0 Å². The van der Waals surface area contributed by atoms with Crippen LogP contribution in [0.1, 0.15) is 37.7 Å². The van der Waals surface area contributed by atoms with Gasteiger partial charge in [-0.1, -0.05) is 6.92 Å². The Bertz CT molecular complexity index is 590. The first-order chi connectivity index (χ1) is 10.1. The number of aromatic nitrogens is 2. The van der Waals surface area contributed by atoms with Gasteiger partial charge in [-0.3, -0.25) is 9.89 Å². The molecule has 0 spiro atoms. The van der Waals surface area contributed by atoms with E-state index in [1.165, 1.54) is 0 Å². The van der Waals surface area contributed by atoms with Gasteiger partial charge in [0.25, 0.3) is 5.91 Å². The second-order valence-corrected chi connectivity index (χ2v) is 4.91. The molecule has 1 heterocycles. The molecule has 0 radical (unpaired) electrons. The summed E-state index contributed by atoms with van der Waals surface area (Å²) < 4.78 is 5.40. The molecule has 0 aliphatic heterocycles. The van der Waals surface area contributed by atoms with E-state index in [1.807, 2.05) is 45.0 Å². The molecule has 1 atom stereocenters. The standard InChI is InChI=1S/C16H21N3O2/c1-4-11(3)17-16(20)15-10-14(18-19-15)12-6-8-13(9-7-12)21-5-2/h6-11H,4-5H2,1-3H3,(H,17,20)(H,18,19). The van der Waals surface area contributed by atoms with Gasteiger partial charge >= 0.3 is 0 Å². The molecule has 0 saturated carbocycles. The zero-order valence-corrected chi connectivity index (χ0v) is 12.6. The van der Waals surface area contributed by atoms with E-state index in [-0.39, 0.29) is 11.9 Å². The van der Waals surface area contributed by atoms with Crippen molar-refractivity contribution < 1.29 is 9.53 Å². The number of ether oxygens (including phenoxy) is 1. The smallest absolute Gasteiger partial charge is 0.269 e. The molecule has 2 aromatic rings. The van der Waals surface area contributed by atoms with Gasteiger partial charge in [-0.05, 0) is 50.6 Å².